The van der Waals surface area contributed by atoms with Gasteiger partial charge in [-0.05, 0) is 24.3 Å². The highest BCUT2D eigenvalue weighted by Gasteiger charge is 2.23. The minimum atomic E-state index is -0.0145. The molecule has 134 valence electrons. The maximum absolute atomic E-state index is 12.1. The van der Waals surface area contributed by atoms with Crippen molar-refractivity contribution in [2.75, 3.05) is 44.7 Å². The monoisotopic (exact) mass is 345 g/mol. The summed E-state index contributed by atoms with van der Waals surface area (Å²) in [6, 6.07) is 7.42. The molecule has 8 heteroatoms. The Hall–Kier alpha value is -2.45. The third kappa shape index (κ3) is 5.27. The molecule has 8 nitrogen and oxygen atoms in total. The predicted octanol–water partition coefficient (Wildman–Crippen LogP) is 0.523. The number of amides is 1. The van der Waals surface area contributed by atoms with Crippen LogP contribution in [0, 0.1) is 0 Å². The number of nitrogens with zero attached hydrogens (tertiary/aromatic N) is 4. The van der Waals surface area contributed by atoms with Crippen molar-refractivity contribution in [1.29, 1.82) is 0 Å². The number of ether oxygens (including phenoxy) is 1. The minimum absolute atomic E-state index is 0.0145. The van der Waals surface area contributed by atoms with E-state index in [1.807, 2.05) is 36.2 Å². The molecule has 0 spiro atoms. The third-order valence-corrected chi connectivity index (χ3v) is 4.06. The number of rotatable bonds is 7. The largest absolute Gasteiger partial charge is 0.467 e. The van der Waals surface area contributed by atoms with Crippen molar-refractivity contribution in [2.45, 2.75) is 12.6 Å². The molecular weight excluding hydrogens is 322 g/mol. The van der Waals surface area contributed by atoms with Gasteiger partial charge in [0.2, 0.25) is 5.91 Å². The fourth-order valence-corrected chi connectivity index (χ4v) is 2.79. The number of likely N-dealkylation sites (N-methyl/N-ethyl adjacent to an activating group) is 1. The molecule has 1 saturated heterocycles. The highest BCUT2D eigenvalue weighted by atomic mass is 16.5. The predicted molar refractivity (Wildman–Crippen MR) is 92.0 cm³/mol. The Labute approximate surface area is 146 Å². The number of anilines is 1. The summed E-state index contributed by atoms with van der Waals surface area (Å²) in [5, 5.41) is 10.9. The second-order valence-electron chi connectivity index (χ2n) is 6.05. The van der Waals surface area contributed by atoms with E-state index in [2.05, 4.69) is 20.4 Å². The molecule has 1 fully saturated rings. The van der Waals surface area contributed by atoms with E-state index in [4.69, 9.17) is 9.15 Å². The Kier molecular flexibility index (Phi) is 5.97. The molecule has 0 bridgehead atoms. The zero-order valence-electron chi connectivity index (χ0n) is 14.3. The maximum Gasteiger partial charge on any atom is 0.234 e. The van der Waals surface area contributed by atoms with Crippen LogP contribution in [0.2, 0.25) is 0 Å². The highest BCUT2D eigenvalue weighted by molar-refractivity contribution is 5.77. The third-order valence-electron chi connectivity index (χ3n) is 4.06. The topological polar surface area (TPSA) is 83.7 Å². The average molecular weight is 345 g/mol. The van der Waals surface area contributed by atoms with E-state index >= 15 is 0 Å². The minimum Gasteiger partial charge on any atom is -0.467 e. The van der Waals surface area contributed by atoms with Gasteiger partial charge in [-0.15, -0.1) is 5.10 Å². The van der Waals surface area contributed by atoms with Crippen molar-refractivity contribution in [2.24, 2.45) is 0 Å². The number of hydrogen-bond acceptors (Lipinski definition) is 7. The van der Waals surface area contributed by atoms with Crippen LogP contribution in [0.25, 0.3) is 0 Å². The molecule has 1 atom stereocenters. The summed E-state index contributed by atoms with van der Waals surface area (Å²) >= 11 is 0. The number of carbonyl (C=O) groups excluding carboxylic acids is 1. The van der Waals surface area contributed by atoms with Crippen LogP contribution in [0.5, 0.6) is 0 Å². The van der Waals surface area contributed by atoms with Crippen molar-refractivity contribution in [3.8, 4) is 0 Å². The lowest BCUT2D eigenvalue weighted by molar-refractivity contribution is -0.124. The van der Waals surface area contributed by atoms with E-state index in [1.165, 1.54) is 0 Å². The van der Waals surface area contributed by atoms with E-state index in [1.54, 1.807) is 12.5 Å². The molecule has 0 aliphatic carbocycles. The normalized spacial score (nSPS) is 18.0. The van der Waals surface area contributed by atoms with Crippen LogP contribution < -0.4 is 10.2 Å². The Morgan fingerprint density at radius 1 is 1.44 bits per heavy atom. The van der Waals surface area contributed by atoms with Crippen LogP contribution in [-0.4, -0.2) is 66.9 Å². The van der Waals surface area contributed by atoms with Gasteiger partial charge in [0.25, 0.3) is 0 Å². The van der Waals surface area contributed by atoms with E-state index < -0.39 is 0 Å². The summed E-state index contributed by atoms with van der Waals surface area (Å²) < 4.78 is 11.0. The SMILES string of the molecule is CN(C[C@@H]1CN(CC(=O)NCc2ccco2)CCO1)c1cccnn1. The zero-order valence-corrected chi connectivity index (χ0v) is 14.3. The Bertz CT molecular complexity index is 650. The van der Waals surface area contributed by atoms with Crippen LogP contribution in [0.3, 0.4) is 0 Å². The highest BCUT2D eigenvalue weighted by Crippen LogP contribution is 2.11. The molecule has 0 radical (unpaired) electrons. The zero-order chi connectivity index (χ0) is 17.5. The van der Waals surface area contributed by atoms with Gasteiger partial charge in [0, 0.05) is 32.9 Å². The Balaban J connectivity index is 1.43. The first-order valence-corrected chi connectivity index (χ1v) is 8.32. The quantitative estimate of drug-likeness (QED) is 0.783. The first-order valence-electron chi connectivity index (χ1n) is 8.32. The van der Waals surface area contributed by atoms with Gasteiger partial charge in [-0.25, -0.2) is 0 Å². The van der Waals surface area contributed by atoms with Crippen LogP contribution in [0.4, 0.5) is 5.82 Å². The van der Waals surface area contributed by atoms with E-state index in [0.29, 0.717) is 32.8 Å². The molecule has 3 heterocycles. The van der Waals surface area contributed by atoms with Crippen molar-refractivity contribution >= 4 is 11.7 Å². The van der Waals surface area contributed by atoms with Crippen LogP contribution in [0.15, 0.2) is 41.1 Å². The van der Waals surface area contributed by atoms with Gasteiger partial charge in [-0.2, -0.15) is 5.10 Å². The average Bonchev–Trinajstić information content (AvgIpc) is 3.15. The van der Waals surface area contributed by atoms with Gasteiger partial charge in [0.05, 0.1) is 32.1 Å². The fraction of sp³-hybridized carbons (Fsp3) is 0.471. The summed E-state index contributed by atoms with van der Waals surface area (Å²) in [4.78, 5) is 16.2. The first-order chi connectivity index (χ1) is 12.2. The van der Waals surface area contributed by atoms with Crippen molar-refractivity contribution in [3.63, 3.8) is 0 Å². The molecule has 0 saturated carbocycles. The fourth-order valence-electron chi connectivity index (χ4n) is 2.79. The van der Waals surface area contributed by atoms with E-state index in [9.17, 15) is 4.79 Å². The lowest BCUT2D eigenvalue weighted by Crippen LogP contribution is -2.49. The summed E-state index contributed by atoms with van der Waals surface area (Å²) in [6.07, 6.45) is 3.28. The molecule has 1 amide bonds. The number of aromatic nitrogens is 2. The van der Waals surface area contributed by atoms with Crippen LogP contribution >= 0.6 is 0 Å². The molecule has 25 heavy (non-hydrogen) atoms. The molecule has 0 aromatic carbocycles. The number of hydrogen-bond donors (Lipinski definition) is 1. The van der Waals surface area contributed by atoms with Crippen molar-refractivity contribution in [1.82, 2.24) is 20.4 Å². The van der Waals surface area contributed by atoms with Gasteiger partial charge in [0.1, 0.15) is 5.76 Å². The number of carbonyl (C=O) groups is 1. The molecule has 2 aromatic rings. The molecule has 2 aromatic heterocycles. The molecule has 1 N–H and O–H groups in total. The summed E-state index contributed by atoms with van der Waals surface area (Å²) in [5.74, 6) is 1.54. The second kappa shape index (κ2) is 8.59. The van der Waals surface area contributed by atoms with Gasteiger partial charge < -0.3 is 19.4 Å². The standard InChI is InChI=1S/C17H23N5O3/c1-21(16-5-2-6-19-20-16)11-15-12-22(7-9-25-15)13-17(23)18-10-14-4-3-8-24-14/h2-6,8,15H,7,9-13H2,1H3,(H,18,23)/t15-/m1/s1. The smallest absolute Gasteiger partial charge is 0.234 e. The maximum atomic E-state index is 12.1. The number of morpholine rings is 1. The van der Waals surface area contributed by atoms with Gasteiger partial charge >= 0.3 is 0 Å². The molecular formula is C17H23N5O3. The Morgan fingerprint density at radius 3 is 3.12 bits per heavy atom. The van der Waals surface area contributed by atoms with Crippen LogP contribution in [0.1, 0.15) is 5.76 Å². The van der Waals surface area contributed by atoms with Gasteiger partial charge in [-0.3, -0.25) is 9.69 Å². The van der Waals surface area contributed by atoms with E-state index in [0.717, 1.165) is 18.1 Å². The lowest BCUT2D eigenvalue weighted by atomic mass is 10.2. The molecule has 0 unspecified atom stereocenters. The molecule has 3 rings (SSSR count). The first kappa shape index (κ1) is 17.4. The molecule has 1 aliphatic rings. The van der Waals surface area contributed by atoms with Gasteiger partial charge in [0.15, 0.2) is 5.82 Å². The Morgan fingerprint density at radius 2 is 2.36 bits per heavy atom. The number of nitrogens with one attached hydrogen (secondary N) is 1. The number of furan rings is 1. The summed E-state index contributed by atoms with van der Waals surface area (Å²) in [5.41, 5.74) is 0. The lowest BCUT2D eigenvalue weighted by Gasteiger charge is -2.34. The van der Waals surface area contributed by atoms with Gasteiger partial charge in [-0.1, -0.05) is 0 Å². The summed E-state index contributed by atoms with van der Waals surface area (Å²) in [7, 11) is 1.96. The second-order valence-corrected chi connectivity index (χ2v) is 6.05. The molecule has 1 aliphatic heterocycles. The van der Waals surface area contributed by atoms with Crippen molar-refractivity contribution in [3.05, 3.63) is 42.5 Å². The van der Waals surface area contributed by atoms with E-state index in [-0.39, 0.29) is 12.0 Å². The summed E-state index contributed by atoms with van der Waals surface area (Å²) in [6.45, 7) is 3.54. The van der Waals surface area contributed by atoms with Crippen LogP contribution in [-0.2, 0) is 16.1 Å². The van der Waals surface area contributed by atoms with Crippen molar-refractivity contribution < 1.29 is 13.9 Å².